The molecule has 2 amide bonds. The summed E-state index contributed by atoms with van der Waals surface area (Å²) >= 11 is 6.03. The molecule has 2 rings (SSSR count). The zero-order valence-electron chi connectivity index (χ0n) is 15.7. The number of nitrogens with zero attached hydrogens (tertiary/aromatic N) is 1. The van der Waals surface area contributed by atoms with Crippen molar-refractivity contribution in [1.82, 2.24) is 10.7 Å². The smallest absolute Gasteiger partial charge is 0.329 e. The molecular weight excluding hydrogens is 382 g/mol. The van der Waals surface area contributed by atoms with E-state index in [1.54, 1.807) is 18.2 Å². The second-order valence-electron chi connectivity index (χ2n) is 5.90. The Hall–Kier alpha value is -2.90. The van der Waals surface area contributed by atoms with Gasteiger partial charge in [-0.1, -0.05) is 41.4 Å². The first kappa shape index (κ1) is 21.4. The number of nitrogens with one attached hydrogen (secondary N) is 2. The van der Waals surface area contributed by atoms with Crippen molar-refractivity contribution >= 4 is 29.6 Å². The van der Waals surface area contributed by atoms with Gasteiger partial charge in [0.15, 0.2) is 0 Å². The van der Waals surface area contributed by atoms with Gasteiger partial charge in [-0.05, 0) is 30.7 Å². The first-order valence-corrected chi connectivity index (χ1v) is 8.95. The minimum Gasteiger partial charge on any atom is -0.488 e. The van der Waals surface area contributed by atoms with Gasteiger partial charge in [0.05, 0.1) is 12.8 Å². The van der Waals surface area contributed by atoms with Crippen molar-refractivity contribution in [2.75, 3.05) is 20.3 Å². The highest BCUT2D eigenvalue weighted by Gasteiger charge is 2.11. The van der Waals surface area contributed by atoms with Crippen molar-refractivity contribution in [2.45, 2.75) is 13.5 Å². The average molecular weight is 404 g/mol. The summed E-state index contributed by atoms with van der Waals surface area (Å²) in [6.45, 7) is 2.94. The Morgan fingerprint density at radius 1 is 1.14 bits per heavy atom. The van der Waals surface area contributed by atoms with Crippen molar-refractivity contribution in [3.8, 4) is 5.75 Å². The van der Waals surface area contributed by atoms with Gasteiger partial charge in [0, 0.05) is 24.2 Å². The van der Waals surface area contributed by atoms with Gasteiger partial charge in [-0.25, -0.2) is 5.43 Å². The normalized spacial score (nSPS) is 10.7. The Morgan fingerprint density at radius 2 is 1.89 bits per heavy atom. The number of hydrazone groups is 1. The third-order valence-corrected chi connectivity index (χ3v) is 3.89. The van der Waals surface area contributed by atoms with Gasteiger partial charge in [-0.15, -0.1) is 0 Å². The summed E-state index contributed by atoms with van der Waals surface area (Å²) in [7, 11) is 1.50. The molecule has 0 atom stereocenters. The van der Waals surface area contributed by atoms with E-state index >= 15 is 0 Å². The van der Waals surface area contributed by atoms with E-state index in [0.29, 0.717) is 29.5 Å². The van der Waals surface area contributed by atoms with Crippen molar-refractivity contribution in [1.29, 1.82) is 0 Å². The van der Waals surface area contributed by atoms with Crippen molar-refractivity contribution < 1.29 is 19.1 Å². The van der Waals surface area contributed by atoms with E-state index in [1.165, 1.54) is 18.9 Å². The summed E-state index contributed by atoms with van der Waals surface area (Å²) in [5.41, 5.74) is 4.92. The Bertz CT molecular complexity index is 838. The summed E-state index contributed by atoms with van der Waals surface area (Å²) in [6, 6.07) is 13.1. The summed E-state index contributed by atoms with van der Waals surface area (Å²) in [4.78, 5) is 23.2. The van der Waals surface area contributed by atoms with E-state index in [-0.39, 0.29) is 6.54 Å². The molecule has 0 spiro atoms. The van der Waals surface area contributed by atoms with Gasteiger partial charge in [-0.2, -0.15) is 5.10 Å². The molecule has 8 heteroatoms. The molecule has 0 radical (unpaired) electrons. The molecule has 0 bridgehead atoms. The van der Waals surface area contributed by atoms with Crippen molar-refractivity contribution in [2.24, 2.45) is 5.10 Å². The lowest BCUT2D eigenvalue weighted by Crippen LogP contribution is -2.39. The fourth-order valence-electron chi connectivity index (χ4n) is 2.16. The van der Waals surface area contributed by atoms with E-state index in [4.69, 9.17) is 21.1 Å². The van der Waals surface area contributed by atoms with Gasteiger partial charge >= 0.3 is 11.8 Å². The Morgan fingerprint density at radius 3 is 2.61 bits per heavy atom. The number of amides is 2. The predicted octanol–water partition coefficient (Wildman–Crippen LogP) is 2.44. The van der Waals surface area contributed by atoms with Crippen LogP contribution in [-0.4, -0.2) is 38.3 Å². The standard InChI is InChI=1S/C20H22ClN3O4/c1-14-3-5-15(6-4-14)13-28-18-8-7-17(21)11-16(18)12-23-24-20(26)19(25)22-9-10-27-2/h3-8,11-12H,9-10,13H2,1-2H3,(H,22,25)(H,24,26)/b23-12-. The number of carbonyl (C=O) groups excluding carboxylic acids is 2. The largest absolute Gasteiger partial charge is 0.488 e. The third-order valence-electron chi connectivity index (χ3n) is 3.65. The maximum Gasteiger partial charge on any atom is 0.329 e. The van der Waals surface area contributed by atoms with Gasteiger partial charge in [-0.3, -0.25) is 9.59 Å². The quantitative estimate of drug-likeness (QED) is 0.306. The molecule has 0 aliphatic rings. The number of rotatable bonds is 8. The van der Waals surface area contributed by atoms with Crippen molar-refractivity contribution in [3.63, 3.8) is 0 Å². The SMILES string of the molecule is COCCNC(=O)C(=O)N/N=C\c1cc(Cl)ccc1OCc1ccc(C)cc1. The highest BCUT2D eigenvalue weighted by Crippen LogP contribution is 2.22. The predicted molar refractivity (Wildman–Crippen MR) is 108 cm³/mol. The molecule has 2 N–H and O–H groups in total. The first-order chi connectivity index (χ1) is 13.5. The van der Waals surface area contributed by atoms with Crippen LogP contribution in [0.5, 0.6) is 5.75 Å². The maximum atomic E-state index is 11.7. The van der Waals surface area contributed by atoms with Gasteiger partial charge in [0.2, 0.25) is 0 Å². The molecule has 0 heterocycles. The van der Waals surface area contributed by atoms with Crippen LogP contribution in [0.4, 0.5) is 0 Å². The van der Waals surface area contributed by atoms with Crippen LogP contribution in [0.15, 0.2) is 47.6 Å². The Labute approximate surface area is 168 Å². The van der Waals surface area contributed by atoms with E-state index < -0.39 is 11.8 Å². The summed E-state index contributed by atoms with van der Waals surface area (Å²) in [5, 5.41) is 6.70. The van der Waals surface area contributed by atoms with Crippen LogP contribution in [0.25, 0.3) is 0 Å². The lowest BCUT2D eigenvalue weighted by molar-refractivity contribution is -0.139. The number of hydrogen-bond acceptors (Lipinski definition) is 5. The second kappa shape index (κ2) is 11.1. The molecule has 28 heavy (non-hydrogen) atoms. The molecule has 0 aliphatic carbocycles. The fourth-order valence-corrected chi connectivity index (χ4v) is 2.34. The highest BCUT2D eigenvalue weighted by molar-refractivity contribution is 6.35. The molecule has 0 fully saturated rings. The van der Waals surface area contributed by atoms with Gasteiger partial charge in [0.25, 0.3) is 0 Å². The summed E-state index contributed by atoms with van der Waals surface area (Å²) < 4.78 is 10.6. The second-order valence-corrected chi connectivity index (χ2v) is 6.34. The zero-order chi connectivity index (χ0) is 20.4. The molecule has 0 aromatic heterocycles. The fraction of sp³-hybridized carbons (Fsp3) is 0.250. The topological polar surface area (TPSA) is 89.0 Å². The van der Waals surface area contributed by atoms with Gasteiger partial charge < -0.3 is 14.8 Å². The Kier molecular flexibility index (Phi) is 8.45. The number of methoxy groups -OCH3 is 1. The number of halogens is 1. The maximum absolute atomic E-state index is 11.7. The number of hydrogen-bond donors (Lipinski definition) is 2. The van der Waals surface area contributed by atoms with Crippen LogP contribution >= 0.6 is 11.6 Å². The van der Waals surface area contributed by atoms with Crippen LogP contribution in [0.1, 0.15) is 16.7 Å². The molecule has 0 aliphatic heterocycles. The lowest BCUT2D eigenvalue weighted by Gasteiger charge is -2.10. The van der Waals surface area contributed by atoms with E-state index in [1.807, 2.05) is 31.2 Å². The molecule has 148 valence electrons. The van der Waals surface area contributed by atoms with Crippen LogP contribution in [0.2, 0.25) is 5.02 Å². The van der Waals surface area contributed by atoms with Crippen LogP contribution < -0.4 is 15.5 Å². The molecule has 7 nitrogen and oxygen atoms in total. The lowest BCUT2D eigenvalue weighted by atomic mass is 10.1. The highest BCUT2D eigenvalue weighted by atomic mass is 35.5. The molecule has 2 aromatic rings. The van der Waals surface area contributed by atoms with Crippen LogP contribution in [-0.2, 0) is 20.9 Å². The Balaban J connectivity index is 1.97. The summed E-state index contributed by atoms with van der Waals surface area (Å²) in [6.07, 6.45) is 1.37. The van der Waals surface area contributed by atoms with E-state index in [2.05, 4.69) is 15.8 Å². The van der Waals surface area contributed by atoms with Crippen LogP contribution in [0.3, 0.4) is 0 Å². The number of benzene rings is 2. The average Bonchev–Trinajstić information content (AvgIpc) is 2.68. The van der Waals surface area contributed by atoms with Crippen molar-refractivity contribution in [3.05, 3.63) is 64.2 Å². The number of carbonyl (C=O) groups is 2. The van der Waals surface area contributed by atoms with Gasteiger partial charge in [0.1, 0.15) is 12.4 Å². The third kappa shape index (κ3) is 7.02. The molecule has 0 unspecified atom stereocenters. The molecule has 0 saturated heterocycles. The molecule has 0 saturated carbocycles. The minimum absolute atomic E-state index is 0.234. The van der Waals surface area contributed by atoms with E-state index in [0.717, 1.165) is 5.56 Å². The van der Waals surface area contributed by atoms with E-state index in [9.17, 15) is 9.59 Å². The van der Waals surface area contributed by atoms with Crippen LogP contribution in [0, 0.1) is 6.92 Å². The zero-order valence-corrected chi connectivity index (χ0v) is 16.5. The summed E-state index contributed by atoms with van der Waals surface area (Å²) in [5.74, 6) is -1.12. The number of ether oxygens (including phenoxy) is 2. The minimum atomic E-state index is -0.878. The molecule has 2 aromatic carbocycles. The molecular formula is C20H22ClN3O4. The number of aryl methyl sites for hydroxylation is 1. The monoisotopic (exact) mass is 403 g/mol. The first-order valence-electron chi connectivity index (χ1n) is 8.57.